The number of carbonyl (C=O) groups excluding carboxylic acids is 3. The molecule has 0 amide bonds. The summed E-state index contributed by atoms with van der Waals surface area (Å²) in [7, 11) is 0. The van der Waals surface area contributed by atoms with Gasteiger partial charge in [0.1, 0.15) is 13.2 Å². The molecule has 6 heteroatoms. The molecule has 0 spiro atoms. The van der Waals surface area contributed by atoms with Crippen LogP contribution in [0.2, 0.25) is 0 Å². The molecule has 0 saturated heterocycles. The lowest BCUT2D eigenvalue weighted by atomic mass is 10.1. The van der Waals surface area contributed by atoms with Gasteiger partial charge in [-0.1, -0.05) is 261 Å². The van der Waals surface area contributed by atoms with Gasteiger partial charge >= 0.3 is 17.9 Å². The number of carbonyl (C=O) groups is 3. The van der Waals surface area contributed by atoms with E-state index >= 15 is 0 Å². The Kier molecular flexibility index (Phi) is 63.5. The molecule has 0 aromatic carbocycles. The molecule has 0 rings (SSSR count). The van der Waals surface area contributed by atoms with Crippen LogP contribution in [0.25, 0.3) is 0 Å². The summed E-state index contributed by atoms with van der Waals surface area (Å²) < 4.78 is 16.9. The Hall–Kier alpha value is -5.49. The van der Waals surface area contributed by atoms with Crippen molar-refractivity contribution in [1.82, 2.24) is 0 Å². The molecule has 0 N–H and O–H groups in total. The van der Waals surface area contributed by atoms with Gasteiger partial charge in [0.05, 0.1) is 0 Å². The Labute approximate surface area is 504 Å². The fourth-order valence-electron chi connectivity index (χ4n) is 8.28. The van der Waals surface area contributed by atoms with E-state index in [9.17, 15) is 14.4 Å². The van der Waals surface area contributed by atoms with Crippen molar-refractivity contribution in [3.8, 4) is 0 Å². The van der Waals surface area contributed by atoms with Gasteiger partial charge in [0.15, 0.2) is 6.10 Å². The van der Waals surface area contributed by atoms with Crippen LogP contribution in [0.3, 0.4) is 0 Å². The highest BCUT2D eigenvalue weighted by Crippen LogP contribution is 2.13. The molecule has 0 aliphatic heterocycles. The number of rotatable bonds is 57. The van der Waals surface area contributed by atoms with Crippen molar-refractivity contribution in [3.05, 3.63) is 182 Å². The van der Waals surface area contributed by atoms with Crippen LogP contribution in [0.4, 0.5) is 0 Å². The Balaban J connectivity index is 4.43. The molecule has 82 heavy (non-hydrogen) atoms. The smallest absolute Gasteiger partial charge is 0.306 e. The molecule has 0 heterocycles. The van der Waals surface area contributed by atoms with E-state index in [0.29, 0.717) is 19.3 Å². The Morgan fingerprint density at radius 2 is 0.476 bits per heavy atom. The second kappa shape index (κ2) is 68.0. The Morgan fingerprint density at radius 3 is 0.780 bits per heavy atom. The van der Waals surface area contributed by atoms with Gasteiger partial charge in [0.25, 0.3) is 0 Å². The first-order valence-electron chi connectivity index (χ1n) is 32.8. The molecule has 0 saturated carbocycles. The monoisotopic (exact) mass is 1130 g/mol. The van der Waals surface area contributed by atoms with Crippen molar-refractivity contribution in [2.45, 2.75) is 264 Å². The molecule has 1 atom stereocenters. The number of hydrogen-bond acceptors (Lipinski definition) is 6. The molecule has 6 nitrogen and oxygen atoms in total. The van der Waals surface area contributed by atoms with Crippen molar-refractivity contribution in [2.24, 2.45) is 0 Å². The second-order valence-electron chi connectivity index (χ2n) is 20.9. The van der Waals surface area contributed by atoms with Crippen molar-refractivity contribution in [1.29, 1.82) is 0 Å². The predicted molar refractivity (Wildman–Crippen MR) is 357 cm³/mol. The Morgan fingerprint density at radius 1 is 0.256 bits per heavy atom. The average molecular weight is 1130 g/mol. The van der Waals surface area contributed by atoms with Gasteiger partial charge in [-0.25, -0.2) is 0 Å². The topological polar surface area (TPSA) is 78.9 Å². The first-order chi connectivity index (χ1) is 40.5. The number of unbranched alkanes of at least 4 members (excludes halogenated alkanes) is 16. The fraction of sp³-hybridized carbons (Fsp3) is 0.566. The molecule has 458 valence electrons. The number of hydrogen-bond donors (Lipinski definition) is 0. The van der Waals surface area contributed by atoms with Gasteiger partial charge in [-0.05, 0) is 161 Å². The zero-order valence-corrected chi connectivity index (χ0v) is 52.4. The molecule has 0 aliphatic carbocycles. The predicted octanol–water partition coefficient (Wildman–Crippen LogP) is 22.8. The van der Waals surface area contributed by atoms with Crippen molar-refractivity contribution >= 4 is 17.9 Å². The van der Waals surface area contributed by atoms with Gasteiger partial charge < -0.3 is 14.2 Å². The highest BCUT2D eigenvalue weighted by molar-refractivity contribution is 5.71. The van der Waals surface area contributed by atoms with Crippen LogP contribution in [0.5, 0.6) is 0 Å². The van der Waals surface area contributed by atoms with E-state index in [2.05, 4.69) is 203 Å². The zero-order valence-electron chi connectivity index (χ0n) is 52.4. The van der Waals surface area contributed by atoms with Crippen LogP contribution in [-0.2, 0) is 28.6 Å². The van der Waals surface area contributed by atoms with Crippen LogP contribution in [-0.4, -0.2) is 37.2 Å². The van der Waals surface area contributed by atoms with Crippen molar-refractivity contribution < 1.29 is 28.6 Å². The van der Waals surface area contributed by atoms with E-state index in [1.165, 1.54) is 44.9 Å². The van der Waals surface area contributed by atoms with Crippen molar-refractivity contribution in [3.63, 3.8) is 0 Å². The van der Waals surface area contributed by atoms with E-state index in [-0.39, 0.29) is 37.5 Å². The summed E-state index contributed by atoms with van der Waals surface area (Å²) in [6, 6.07) is 0. The third-order valence-corrected chi connectivity index (χ3v) is 13.1. The number of ether oxygens (including phenoxy) is 3. The lowest BCUT2D eigenvalue weighted by molar-refractivity contribution is -0.167. The molecular formula is C76H118O6. The zero-order chi connectivity index (χ0) is 59.2. The highest BCUT2D eigenvalue weighted by atomic mass is 16.6. The normalized spacial score (nSPS) is 13.4. The van der Waals surface area contributed by atoms with Gasteiger partial charge in [0.2, 0.25) is 0 Å². The summed E-state index contributed by atoms with van der Waals surface area (Å²) in [5, 5.41) is 0. The quantitative estimate of drug-likeness (QED) is 0.0261. The molecule has 0 aromatic heterocycles. The minimum Gasteiger partial charge on any atom is -0.462 e. The standard InChI is InChI=1S/C76H118O6/c1-4-7-10-13-16-19-22-25-27-29-31-33-34-35-36-37-38-39-40-41-42-44-45-47-49-51-54-57-60-63-66-69-75(78)81-72-73(71-80-74(77)68-65-62-59-56-53-24-21-18-15-12-9-6-3)82-76(79)70-67-64-61-58-55-52-50-48-46-43-32-30-28-26-23-20-17-14-11-8-5-2/h7-8,10-11,16-21,25-28,31-33,35-36,38-39,41-43,45,47-48,50,55,58,73H,4-6,9,12-15,22-24,29-30,34,37,40,44,46,49,51-54,56-57,59-72H2,1-3H3/b10-7-,11-8-,19-16-,20-17-,21-18-,27-25-,28-26-,33-31-,36-35-,39-38-,42-41-,43-32-,47-45-,50-48-,58-55-. The van der Waals surface area contributed by atoms with Gasteiger partial charge in [-0.3, -0.25) is 14.4 Å². The van der Waals surface area contributed by atoms with Crippen LogP contribution in [0, 0.1) is 0 Å². The lowest BCUT2D eigenvalue weighted by Gasteiger charge is -2.18. The largest absolute Gasteiger partial charge is 0.462 e. The van der Waals surface area contributed by atoms with Gasteiger partial charge in [-0.15, -0.1) is 0 Å². The van der Waals surface area contributed by atoms with Gasteiger partial charge in [-0.2, -0.15) is 0 Å². The first kappa shape index (κ1) is 76.5. The number of esters is 3. The molecule has 0 radical (unpaired) electrons. The molecule has 0 aromatic rings. The van der Waals surface area contributed by atoms with Crippen molar-refractivity contribution in [2.75, 3.05) is 13.2 Å². The van der Waals surface area contributed by atoms with E-state index in [4.69, 9.17) is 14.2 Å². The van der Waals surface area contributed by atoms with E-state index in [0.717, 1.165) is 167 Å². The minimum atomic E-state index is -0.822. The van der Waals surface area contributed by atoms with Crippen LogP contribution in [0.1, 0.15) is 258 Å². The molecule has 0 bridgehead atoms. The summed E-state index contributed by atoms with van der Waals surface area (Å²) in [5.74, 6) is -0.988. The van der Waals surface area contributed by atoms with Crippen LogP contribution in [0.15, 0.2) is 182 Å². The second-order valence-corrected chi connectivity index (χ2v) is 20.9. The van der Waals surface area contributed by atoms with Gasteiger partial charge in [0, 0.05) is 19.3 Å². The summed E-state index contributed by atoms with van der Waals surface area (Å²) in [5.41, 5.74) is 0. The summed E-state index contributed by atoms with van der Waals surface area (Å²) >= 11 is 0. The van der Waals surface area contributed by atoms with E-state index in [1.54, 1.807) is 0 Å². The molecule has 0 aliphatic rings. The van der Waals surface area contributed by atoms with Crippen LogP contribution >= 0.6 is 0 Å². The third-order valence-electron chi connectivity index (χ3n) is 13.1. The summed E-state index contributed by atoms with van der Waals surface area (Å²) in [4.78, 5) is 38.3. The molecule has 0 fully saturated rings. The maximum Gasteiger partial charge on any atom is 0.306 e. The summed E-state index contributed by atoms with van der Waals surface area (Å²) in [6.45, 7) is 6.32. The van der Waals surface area contributed by atoms with E-state index < -0.39 is 6.10 Å². The van der Waals surface area contributed by atoms with E-state index in [1.807, 2.05) is 0 Å². The highest BCUT2D eigenvalue weighted by Gasteiger charge is 2.19. The summed E-state index contributed by atoms with van der Waals surface area (Å²) in [6.07, 6.45) is 102. The Bertz CT molecular complexity index is 1920. The maximum atomic E-state index is 12.9. The third kappa shape index (κ3) is 65.3. The lowest BCUT2D eigenvalue weighted by Crippen LogP contribution is -2.30. The average Bonchev–Trinajstić information content (AvgIpc) is 3.47. The maximum absolute atomic E-state index is 12.9. The molecular weight excluding hydrogens is 1010 g/mol. The SMILES string of the molecule is CC/C=C\C/C=C\C/C=C\C/C=C\C/C=C\C/C=C\C/C=C\C/C=C\CCCCCCCCC(=O)OCC(COC(=O)CCCCCCC/C=C\CCCCC)OC(=O)CCCC/C=C\C/C=C\C/C=C\C/C=C\C/C=C\C/C=C\CC. The van der Waals surface area contributed by atoms with Crippen LogP contribution < -0.4 is 0 Å². The fourth-order valence-corrected chi connectivity index (χ4v) is 8.28. The first-order valence-corrected chi connectivity index (χ1v) is 32.8. The molecule has 1 unspecified atom stereocenters. The number of allylic oxidation sites excluding steroid dienone is 30. The minimum absolute atomic E-state index is 0.113.